The summed E-state index contributed by atoms with van der Waals surface area (Å²) in [6.07, 6.45) is -1.63. The van der Waals surface area contributed by atoms with Crippen LogP contribution in [0.2, 0.25) is 0 Å². The number of pyridine rings is 1. The van der Waals surface area contributed by atoms with E-state index in [4.69, 9.17) is 0 Å². The van der Waals surface area contributed by atoms with E-state index >= 15 is 0 Å². The Kier molecular flexibility index (Phi) is 5.87. The van der Waals surface area contributed by atoms with Crippen molar-refractivity contribution in [3.05, 3.63) is 48.5 Å². The molecule has 13 heteroatoms. The number of nitrogens with one attached hydrogen (secondary N) is 1. The van der Waals surface area contributed by atoms with Gasteiger partial charge in [-0.1, -0.05) is 23.1 Å². The number of halogens is 4. The van der Waals surface area contributed by atoms with Crippen LogP contribution in [0.25, 0.3) is 21.6 Å². The predicted molar refractivity (Wildman–Crippen MR) is 108 cm³/mol. The van der Waals surface area contributed by atoms with Crippen molar-refractivity contribution in [2.24, 2.45) is 0 Å². The van der Waals surface area contributed by atoms with Crippen molar-refractivity contribution in [1.29, 1.82) is 0 Å². The molecular formula is C18H12F4N6OS2. The molecule has 0 radical (unpaired) electrons. The molecule has 4 rings (SSSR count). The van der Waals surface area contributed by atoms with Crippen molar-refractivity contribution in [2.45, 2.75) is 17.9 Å². The summed E-state index contributed by atoms with van der Waals surface area (Å²) in [5.74, 6) is -1.10. The number of rotatable bonds is 6. The molecule has 1 N–H and O–H groups in total. The van der Waals surface area contributed by atoms with Crippen LogP contribution in [-0.4, -0.2) is 42.6 Å². The molecule has 0 aliphatic heterocycles. The molecule has 0 saturated heterocycles. The van der Waals surface area contributed by atoms with E-state index in [2.05, 4.69) is 25.5 Å². The van der Waals surface area contributed by atoms with Crippen LogP contribution in [0.1, 0.15) is 0 Å². The van der Waals surface area contributed by atoms with Gasteiger partial charge in [0.1, 0.15) is 12.4 Å². The monoisotopic (exact) mass is 468 g/mol. The number of amides is 1. The Morgan fingerprint density at radius 3 is 2.68 bits per heavy atom. The maximum atomic E-state index is 13.3. The lowest BCUT2D eigenvalue weighted by Crippen LogP contribution is -2.20. The van der Waals surface area contributed by atoms with Gasteiger partial charge in [-0.15, -0.1) is 10.2 Å². The number of carbonyl (C=O) groups is 1. The first-order chi connectivity index (χ1) is 14.8. The van der Waals surface area contributed by atoms with Gasteiger partial charge in [-0.25, -0.2) is 9.37 Å². The SMILES string of the molecule is O=C(CSc1nnc(-c2ccncc2)n1CC(F)(F)F)Nc1nc2ccc(F)cc2s1. The highest BCUT2D eigenvalue weighted by Crippen LogP contribution is 2.29. The zero-order chi connectivity index (χ0) is 22.0. The highest BCUT2D eigenvalue weighted by Gasteiger charge is 2.31. The molecule has 1 aromatic carbocycles. The lowest BCUT2D eigenvalue weighted by Gasteiger charge is -2.12. The fraction of sp³-hybridized carbons (Fsp3) is 0.167. The number of fused-ring (bicyclic) bond motifs is 1. The third-order valence-electron chi connectivity index (χ3n) is 3.92. The van der Waals surface area contributed by atoms with Gasteiger partial charge in [-0.3, -0.25) is 14.3 Å². The van der Waals surface area contributed by atoms with Crippen molar-refractivity contribution < 1.29 is 22.4 Å². The summed E-state index contributed by atoms with van der Waals surface area (Å²) in [7, 11) is 0. The van der Waals surface area contributed by atoms with Crippen molar-refractivity contribution in [3.63, 3.8) is 0 Å². The molecule has 160 valence electrons. The third-order valence-corrected chi connectivity index (χ3v) is 5.82. The second kappa shape index (κ2) is 8.59. The van der Waals surface area contributed by atoms with E-state index in [1.165, 1.54) is 42.7 Å². The summed E-state index contributed by atoms with van der Waals surface area (Å²) >= 11 is 1.91. The molecule has 0 aliphatic carbocycles. The fourth-order valence-corrected chi connectivity index (χ4v) is 4.31. The van der Waals surface area contributed by atoms with Crippen LogP contribution in [0, 0.1) is 5.82 Å². The number of aromatic nitrogens is 5. The van der Waals surface area contributed by atoms with E-state index in [9.17, 15) is 22.4 Å². The van der Waals surface area contributed by atoms with Crippen LogP contribution in [-0.2, 0) is 11.3 Å². The Labute approximate surface area is 180 Å². The van der Waals surface area contributed by atoms with E-state index < -0.39 is 24.4 Å². The fourth-order valence-electron chi connectivity index (χ4n) is 2.67. The van der Waals surface area contributed by atoms with E-state index in [1.807, 2.05) is 0 Å². The van der Waals surface area contributed by atoms with Crippen LogP contribution in [0.4, 0.5) is 22.7 Å². The number of thiazole rings is 1. The molecule has 0 fully saturated rings. The molecule has 31 heavy (non-hydrogen) atoms. The molecule has 7 nitrogen and oxygen atoms in total. The third kappa shape index (κ3) is 5.17. The summed E-state index contributed by atoms with van der Waals surface area (Å²) in [4.78, 5) is 20.3. The van der Waals surface area contributed by atoms with Gasteiger partial charge < -0.3 is 5.32 Å². The second-order valence-corrected chi connectivity index (χ2v) is 8.18. The van der Waals surface area contributed by atoms with Crippen molar-refractivity contribution in [1.82, 2.24) is 24.7 Å². The summed E-state index contributed by atoms with van der Waals surface area (Å²) < 4.78 is 54.1. The molecule has 4 aromatic rings. The zero-order valence-corrected chi connectivity index (χ0v) is 17.1. The zero-order valence-electron chi connectivity index (χ0n) is 15.4. The number of anilines is 1. The first kappa shape index (κ1) is 21.2. The highest BCUT2D eigenvalue weighted by atomic mass is 32.2. The van der Waals surface area contributed by atoms with E-state index in [0.717, 1.165) is 27.7 Å². The Morgan fingerprint density at radius 2 is 1.94 bits per heavy atom. The Bertz CT molecular complexity index is 1220. The number of thioether (sulfide) groups is 1. The highest BCUT2D eigenvalue weighted by molar-refractivity contribution is 7.99. The summed E-state index contributed by atoms with van der Waals surface area (Å²) in [6, 6.07) is 7.10. The van der Waals surface area contributed by atoms with Crippen molar-refractivity contribution in [2.75, 3.05) is 11.1 Å². The largest absolute Gasteiger partial charge is 0.406 e. The van der Waals surface area contributed by atoms with Crippen LogP contribution in [0.15, 0.2) is 47.9 Å². The first-order valence-electron chi connectivity index (χ1n) is 8.67. The van der Waals surface area contributed by atoms with Gasteiger partial charge in [0.2, 0.25) is 5.91 Å². The minimum absolute atomic E-state index is 0.0239. The van der Waals surface area contributed by atoms with Crippen LogP contribution in [0.3, 0.4) is 0 Å². The summed E-state index contributed by atoms with van der Waals surface area (Å²) in [5.41, 5.74) is 0.950. The number of hydrogen-bond donors (Lipinski definition) is 1. The Balaban J connectivity index is 1.49. The molecule has 3 heterocycles. The van der Waals surface area contributed by atoms with Gasteiger partial charge in [0.25, 0.3) is 0 Å². The standard InChI is InChI=1S/C18H12F4N6OS2/c19-11-1-2-12-13(7-11)31-16(24-12)25-14(29)8-30-17-27-26-15(10-3-5-23-6-4-10)28(17)9-18(20,21)22/h1-7H,8-9H2,(H,24,25,29). The predicted octanol–water partition coefficient (Wildman–Crippen LogP) is 4.38. The second-order valence-electron chi connectivity index (χ2n) is 6.21. The molecule has 0 spiro atoms. The average molecular weight is 468 g/mol. The topological polar surface area (TPSA) is 85.6 Å². The lowest BCUT2D eigenvalue weighted by molar-refractivity contribution is -0.141. The lowest BCUT2D eigenvalue weighted by atomic mass is 10.2. The summed E-state index contributed by atoms with van der Waals surface area (Å²) in [6.45, 7) is -1.30. The van der Waals surface area contributed by atoms with E-state index in [0.29, 0.717) is 15.8 Å². The number of alkyl halides is 3. The average Bonchev–Trinajstić information content (AvgIpc) is 3.28. The van der Waals surface area contributed by atoms with Crippen LogP contribution in [0.5, 0.6) is 0 Å². The van der Waals surface area contributed by atoms with Gasteiger partial charge in [0.15, 0.2) is 16.1 Å². The minimum Gasteiger partial charge on any atom is -0.301 e. The quantitative estimate of drug-likeness (QED) is 0.334. The molecule has 0 bridgehead atoms. The normalized spacial score (nSPS) is 11.7. The Hall–Kier alpha value is -3.06. The van der Waals surface area contributed by atoms with Gasteiger partial charge >= 0.3 is 6.18 Å². The van der Waals surface area contributed by atoms with Crippen molar-refractivity contribution >= 4 is 44.4 Å². The molecular weight excluding hydrogens is 456 g/mol. The molecule has 0 unspecified atom stereocenters. The maximum Gasteiger partial charge on any atom is 0.406 e. The smallest absolute Gasteiger partial charge is 0.301 e. The molecule has 0 saturated carbocycles. The van der Waals surface area contributed by atoms with Gasteiger partial charge in [0.05, 0.1) is 16.0 Å². The van der Waals surface area contributed by atoms with Gasteiger partial charge in [-0.2, -0.15) is 13.2 Å². The van der Waals surface area contributed by atoms with Crippen LogP contribution < -0.4 is 5.32 Å². The number of benzene rings is 1. The molecule has 0 aliphatic rings. The molecule has 0 atom stereocenters. The number of hydrogen-bond acceptors (Lipinski definition) is 7. The van der Waals surface area contributed by atoms with E-state index in [-0.39, 0.29) is 21.9 Å². The molecule has 1 amide bonds. The minimum atomic E-state index is -4.50. The number of carbonyl (C=O) groups excluding carboxylic acids is 1. The van der Waals surface area contributed by atoms with E-state index in [1.54, 1.807) is 0 Å². The Morgan fingerprint density at radius 1 is 1.16 bits per heavy atom. The van der Waals surface area contributed by atoms with Gasteiger partial charge in [-0.05, 0) is 30.3 Å². The first-order valence-corrected chi connectivity index (χ1v) is 10.5. The summed E-state index contributed by atoms with van der Waals surface area (Å²) in [5, 5.41) is 10.5. The molecule has 3 aromatic heterocycles. The van der Waals surface area contributed by atoms with Crippen LogP contribution >= 0.6 is 23.1 Å². The van der Waals surface area contributed by atoms with Crippen molar-refractivity contribution in [3.8, 4) is 11.4 Å². The number of nitrogens with zero attached hydrogens (tertiary/aromatic N) is 5. The maximum absolute atomic E-state index is 13.3. The van der Waals surface area contributed by atoms with Gasteiger partial charge in [0, 0.05) is 18.0 Å².